The van der Waals surface area contributed by atoms with Crippen LogP contribution in [0, 0.1) is 13.8 Å². The molecule has 1 atom stereocenters. The quantitative estimate of drug-likeness (QED) is 0.798. The summed E-state index contributed by atoms with van der Waals surface area (Å²) < 4.78 is 31.6. The molecule has 0 heterocycles. The van der Waals surface area contributed by atoms with Crippen molar-refractivity contribution in [3.8, 4) is 5.75 Å². The van der Waals surface area contributed by atoms with Crippen LogP contribution in [0.15, 0.2) is 47.4 Å². The third-order valence-corrected chi connectivity index (χ3v) is 6.03. The van der Waals surface area contributed by atoms with Gasteiger partial charge in [-0.3, -0.25) is 0 Å². The Kier molecular flexibility index (Phi) is 6.46. The summed E-state index contributed by atoms with van der Waals surface area (Å²) in [6, 6.07) is 11.8. The second-order valence-electron chi connectivity index (χ2n) is 5.97. The van der Waals surface area contributed by atoms with E-state index in [1.54, 1.807) is 42.5 Å². The van der Waals surface area contributed by atoms with Gasteiger partial charge in [0.1, 0.15) is 18.5 Å². The molecule has 0 saturated carbocycles. The molecule has 2 aromatic rings. The normalized spacial score (nSPS) is 13.0. The lowest BCUT2D eigenvalue weighted by Gasteiger charge is -2.21. The monoisotopic (exact) mass is 383 g/mol. The second-order valence-corrected chi connectivity index (χ2v) is 8.43. The van der Waals surface area contributed by atoms with Crippen molar-refractivity contribution < 1.29 is 18.3 Å². The van der Waals surface area contributed by atoms with Crippen molar-refractivity contribution in [1.82, 2.24) is 4.31 Å². The molecule has 136 valence electrons. The van der Waals surface area contributed by atoms with Crippen LogP contribution < -0.4 is 4.74 Å². The van der Waals surface area contributed by atoms with Crippen molar-refractivity contribution >= 4 is 21.6 Å². The van der Waals surface area contributed by atoms with E-state index in [9.17, 15) is 13.5 Å². The zero-order chi connectivity index (χ0) is 18.6. The molecule has 0 bridgehead atoms. The van der Waals surface area contributed by atoms with E-state index in [1.165, 1.54) is 7.05 Å². The first-order valence-electron chi connectivity index (χ1n) is 7.80. The lowest BCUT2D eigenvalue weighted by Crippen LogP contribution is -2.37. The number of aryl methyl sites for hydroxylation is 2. The highest BCUT2D eigenvalue weighted by atomic mass is 35.5. The standard InChI is InChI=1S/C18H22ClNO4S/c1-13-4-7-17(8-5-13)25(22,23)20(3)11-15(21)12-24-16-6-9-18(19)14(2)10-16/h4-10,15,21H,11-12H2,1-3H3. The maximum absolute atomic E-state index is 12.5. The maximum Gasteiger partial charge on any atom is 0.242 e. The fourth-order valence-corrected chi connectivity index (χ4v) is 3.56. The average Bonchev–Trinajstić information content (AvgIpc) is 2.56. The van der Waals surface area contributed by atoms with Crippen molar-refractivity contribution in [1.29, 1.82) is 0 Å². The van der Waals surface area contributed by atoms with E-state index in [4.69, 9.17) is 16.3 Å². The fourth-order valence-electron chi connectivity index (χ4n) is 2.24. The van der Waals surface area contributed by atoms with Gasteiger partial charge in [-0.1, -0.05) is 29.3 Å². The van der Waals surface area contributed by atoms with E-state index in [1.807, 2.05) is 13.8 Å². The number of ether oxygens (including phenoxy) is 1. The van der Waals surface area contributed by atoms with Crippen LogP contribution in [0.3, 0.4) is 0 Å². The van der Waals surface area contributed by atoms with E-state index in [0.29, 0.717) is 10.8 Å². The van der Waals surface area contributed by atoms with E-state index in [-0.39, 0.29) is 18.0 Å². The molecule has 0 spiro atoms. The summed E-state index contributed by atoms with van der Waals surface area (Å²) in [6.07, 6.45) is -0.957. The van der Waals surface area contributed by atoms with Gasteiger partial charge >= 0.3 is 0 Å². The summed E-state index contributed by atoms with van der Waals surface area (Å²) in [5.41, 5.74) is 1.85. The van der Waals surface area contributed by atoms with Gasteiger partial charge in [0, 0.05) is 18.6 Å². The zero-order valence-corrected chi connectivity index (χ0v) is 16.0. The smallest absolute Gasteiger partial charge is 0.242 e. The summed E-state index contributed by atoms with van der Waals surface area (Å²) in [4.78, 5) is 0.196. The fraction of sp³-hybridized carbons (Fsp3) is 0.333. The molecule has 0 radical (unpaired) electrons. The Labute approximate surface area is 153 Å². The first-order valence-corrected chi connectivity index (χ1v) is 9.62. The molecule has 1 N–H and O–H groups in total. The molecule has 0 amide bonds. The minimum absolute atomic E-state index is 0.0190. The second kappa shape index (κ2) is 8.19. The Morgan fingerprint density at radius 3 is 2.40 bits per heavy atom. The first kappa shape index (κ1) is 19.7. The van der Waals surface area contributed by atoms with Crippen LogP contribution in [0.4, 0.5) is 0 Å². The van der Waals surface area contributed by atoms with Gasteiger partial charge in [-0.15, -0.1) is 0 Å². The van der Waals surface area contributed by atoms with E-state index >= 15 is 0 Å². The number of benzene rings is 2. The average molecular weight is 384 g/mol. The van der Waals surface area contributed by atoms with Gasteiger partial charge in [0.15, 0.2) is 0 Å². The number of hydrogen-bond acceptors (Lipinski definition) is 4. The predicted octanol–water partition coefficient (Wildman–Crippen LogP) is 3.02. The van der Waals surface area contributed by atoms with Gasteiger partial charge < -0.3 is 9.84 Å². The number of likely N-dealkylation sites (N-methyl/N-ethyl adjacent to an activating group) is 1. The molecule has 0 aliphatic carbocycles. The van der Waals surface area contributed by atoms with Gasteiger partial charge in [0.25, 0.3) is 0 Å². The lowest BCUT2D eigenvalue weighted by atomic mass is 10.2. The number of halogens is 1. The molecule has 7 heteroatoms. The van der Waals surface area contributed by atoms with Crippen LogP contribution in [0.5, 0.6) is 5.75 Å². The molecule has 0 fully saturated rings. The number of aliphatic hydroxyl groups excluding tert-OH is 1. The number of hydrogen-bond donors (Lipinski definition) is 1. The molecule has 0 aliphatic heterocycles. The van der Waals surface area contributed by atoms with E-state index < -0.39 is 16.1 Å². The minimum atomic E-state index is -3.65. The number of aliphatic hydroxyl groups is 1. The Hall–Kier alpha value is -1.60. The molecule has 0 saturated heterocycles. The van der Waals surface area contributed by atoms with Gasteiger partial charge in [-0.05, 0) is 49.7 Å². The Bertz CT molecular complexity index is 821. The van der Waals surface area contributed by atoms with E-state index in [2.05, 4.69) is 0 Å². The molecule has 5 nitrogen and oxygen atoms in total. The molecule has 2 rings (SSSR count). The third-order valence-electron chi connectivity index (χ3n) is 3.77. The van der Waals surface area contributed by atoms with Crippen molar-refractivity contribution in [3.63, 3.8) is 0 Å². The number of rotatable bonds is 7. The highest BCUT2D eigenvalue weighted by molar-refractivity contribution is 7.89. The number of nitrogens with zero attached hydrogens (tertiary/aromatic N) is 1. The van der Waals surface area contributed by atoms with Gasteiger partial charge in [0.2, 0.25) is 10.0 Å². The van der Waals surface area contributed by atoms with Crippen LogP contribution >= 0.6 is 11.6 Å². The lowest BCUT2D eigenvalue weighted by molar-refractivity contribution is 0.0935. The molecular weight excluding hydrogens is 362 g/mol. The van der Waals surface area contributed by atoms with Gasteiger partial charge in [-0.25, -0.2) is 8.42 Å². The minimum Gasteiger partial charge on any atom is -0.491 e. The van der Waals surface area contributed by atoms with Crippen LogP contribution in [0.1, 0.15) is 11.1 Å². The number of sulfonamides is 1. The zero-order valence-electron chi connectivity index (χ0n) is 14.4. The summed E-state index contributed by atoms with van der Waals surface area (Å²) in [6.45, 7) is 3.66. The molecule has 2 aromatic carbocycles. The van der Waals surface area contributed by atoms with Crippen LogP contribution in [0.2, 0.25) is 5.02 Å². The maximum atomic E-state index is 12.5. The van der Waals surface area contributed by atoms with Crippen LogP contribution in [0.25, 0.3) is 0 Å². The van der Waals surface area contributed by atoms with Crippen molar-refractivity contribution in [2.24, 2.45) is 0 Å². The van der Waals surface area contributed by atoms with Crippen LogP contribution in [-0.2, 0) is 10.0 Å². The first-order chi connectivity index (χ1) is 11.7. The molecule has 25 heavy (non-hydrogen) atoms. The summed E-state index contributed by atoms with van der Waals surface area (Å²) in [5.74, 6) is 0.574. The van der Waals surface area contributed by atoms with Crippen molar-refractivity contribution in [2.45, 2.75) is 24.8 Å². The van der Waals surface area contributed by atoms with E-state index in [0.717, 1.165) is 15.4 Å². The van der Waals surface area contributed by atoms with Crippen molar-refractivity contribution in [2.75, 3.05) is 20.2 Å². The Morgan fingerprint density at radius 2 is 1.80 bits per heavy atom. The summed E-state index contributed by atoms with van der Waals surface area (Å²) in [5, 5.41) is 10.7. The topological polar surface area (TPSA) is 66.8 Å². The molecular formula is C18H22ClNO4S. The van der Waals surface area contributed by atoms with Crippen molar-refractivity contribution in [3.05, 3.63) is 58.6 Å². The summed E-state index contributed by atoms with van der Waals surface area (Å²) >= 11 is 5.95. The molecule has 1 unspecified atom stereocenters. The largest absolute Gasteiger partial charge is 0.491 e. The summed E-state index contributed by atoms with van der Waals surface area (Å²) in [7, 11) is -2.21. The van der Waals surface area contributed by atoms with Crippen LogP contribution in [-0.4, -0.2) is 44.1 Å². The highest BCUT2D eigenvalue weighted by Crippen LogP contribution is 2.21. The highest BCUT2D eigenvalue weighted by Gasteiger charge is 2.23. The Morgan fingerprint density at radius 1 is 1.16 bits per heavy atom. The van der Waals surface area contributed by atoms with Gasteiger partial charge in [0.05, 0.1) is 4.90 Å². The molecule has 0 aromatic heterocycles. The SMILES string of the molecule is Cc1ccc(S(=O)(=O)N(C)CC(O)COc2ccc(Cl)c(C)c2)cc1. The molecule has 0 aliphatic rings. The van der Waals surface area contributed by atoms with Gasteiger partial charge in [-0.2, -0.15) is 4.31 Å². The Balaban J connectivity index is 1.95. The third kappa shape index (κ3) is 5.19. The predicted molar refractivity (Wildman–Crippen MR) is 98.7 cm³/mol.